The normalized spacial score (nSPS) is 10.2. The van der Waals surface area contributed by atoms with Gasteiger partial charge in [-0.05, 0) is 24.6 Å². The first-order chi connectivity index (χ1) is 8.24. The van der Waals surface area contributed by atoms with E-state index in [4.69, 9.17) is 4.42 Å². The van der Waals surface area contributed by atoms with Gasteiger partial charge in [-0.1, -0.05) is 12.1 Å². The van der Waals surface area contributed by atoms with Crippen molar-refractivity contribution in [3.8, 4) is 0 Å². The van der Waals surface area contributed by atoms with Crippen LogP contribution in [0, 0.1) is 6.92 Å². The van der Waals surface area contributed by atoms with Crippen molar-refractivity contribution in [1.29, 1.82) is 0 Å². The molecule has 1 N–H and O–H groups in total. The molecule has 2 aromatic rings. The van der Waals surface area contributed by atoms with Gasteiger partial charge in [-0.3, -0.25) is 4.79 Å². The molecule has 0 radical (unpaired) electrons. The summed E-state index contributed by atoms with van der Waals surface area (Å²) in [5.41, 5.74) is 2.75. The van der Waals surface area contributed by atoms with Crippen molar-refractivity contribution in [2.75, 3.05) is 5.32 Å². The second-order valence-electron chi connectivity index (χ2n) is 3.90. The first kappa shape index (κ1) is 11.4. The van der Waals surface area contributed by atoms with Crippen LogP contribution in [0.5, 0.6) is 0 Å². The van der Waals surface area contributed by atoms with Crippen molar-refractivity contribution < 1.29 is 9.21 Å². The molecule has 0 aliphatic rings. The Labute approximate surface area is 99.7 Å². The van der Waals surface area contributed by atoms with E-state index in [0.29, 0.717) is 12.8 Å². The Morgan fingerprint density at radius 1 is 1.47 bits per heavy atom. The topological polar surface area (TPSA) is 55.1 Å². The fourth-order valence-corrected chi connectivity index (χ4v) is 1.55. The monoisotopic (exact) mass is 230 g/mol. The molecule has 1 aromatic carbocycles. The van der Waals surface area contributed by atoms with Gasteiger partial charge in [0, 0.05) is 18.5 Å². The maximum Gasteiger partial charge on any atom is 0.224 e. The number of aryl methyl sites for hydroxylation is 2. The van der Waals surface area contributed by atoms with Crippen molar-refractivity contribution in [3.63, 3.8) is 0 Å². The van der Waals surface area contributed by atoms with E-state index in [0.717, 1.165) is 16.9 Å². The van der Waals surface area contributed by atoms with Crippen LogP contribution in [0.3, 0.4) is 0 Å². The van der Waals surface area contributed by atoms with Crippen LogP contribution in [0.15, 0.2) is 41.3 Å². The largest absolute Gasteiger partial charge is 0.451 e. The maximum absolute atomic E-state index is 11.6. The minimum Gasteiger partial charge on any atom is -0.451 e. The van der Waals surface area contributed by atoms with Gasteiger partial charge < -0.3 is 9.73 Å². The van der Waals surface area contributed by atoms with E-state index in [9.17, 15) is 4.79 Å². The van der Waals surface area contributed by atoms with Crippen LogP contribution in [0.25, 0.3) is 0 Å². The van der Waals surface area contributed by atoms with Gasteiger partial charge in [0.15, 0.2) is 6.39 Å². The van der Waals surface area contributed by atoms with Crippen LogP contribution in [-0.2, 0) is 11.2 Å². The average molecular weight is 230 g/mol. The molecule has 2 rings (SSSR count). The van der Waals surface area contributed by atoms with Crippen molar-refractivity contribution in [2.45, 2.75) is 19.8 Å². The number of oxazole rings is 1. The molecule has 17 heavy (non-hydrogen) atoms. The summed E-state index contributed by atoms with van der Waals surface area (Å²) in [4.78, 5) is 15.6. The van der Waals surface area contributed by atoms with Crippen LogP contribution in [-0.4, -0.2) is 10.9 Å². The molecule has 0 saturated heterocycles. The van der Waals surface area contributed by atoms with Gasteiger partial charge in [0.2, 0.25) is 5.91 Å². The minimum absolute atomic E-state index is 0.0152. The van der Waals surface area contributed by atoms with E-state index in [2.05, 4.69) is 10.3 Å². The fraction of sp³-hybridized carbons (Fsp3) is 0.231. The van der Waals surface area contributed by atoms with Crippen LogP contribution >= 0.6 is 0 Å². The van der Waals surface area contributed by atoms with Gasteiger partial charge in [-0.15, -0.1) is 0 Å². The van der Waals surface area contributed by atoms with Crippen molar-refractivity contribution in [1.82, 2.24) is 4.98 Å². The predicted molar refractivity (Wildman–Crippen MR) is 64.6 cm³/mol. The number of aromatic nitrogens is 1. The molecular weight excluding hydrogens is 216 g/mol. The third kappa shape index (κ3) is 3.45. The van der Waals surface area contributed by atoms with Gasteiger partial charge in [0.25, 0.3) is 0 Å². The summed E-state index contributed by atoms with van der Waals surface area (Å²) in [6, 6.07) is 7.72. The Balaban J connectivity index is 1.85. The highest BCUT2D eigenvalue weighted by Gasteiger charge is 2.04. The van der Waals surface area contributed by atoms with Gasteiger partial charge in [0.1, 0.15) is 6.26 Å². The molecular formula is C13H14N2O2. The highest BCUT2D eigenvalue weighted by Crippen LogP contribution is 2.10. The molecule has 0 unspecified atom stereocenters. The summed E-state index contributed by atoms with van der Waals surface area (Å²) in [6.45, 7) is 1.99. The molecule has 0 fully saturated rings. The highest BCUT2D eigenvalue weighted by atomic mass is 16.3. The predicted octanol–water partition coefficient (Wildman–Crippen LogP) is 2.55. The van der Waals surface area contributed by atoms with E-state index in [-0.39, 0.29) is 5.91 Å². The molecule has 0 atom stereocenters. The molecule has 1 heterocycles. The molecule has 0 aliphatic heterocycles. The molecule has 0 aliphatic carbocycles. The quantitative estimate of drug-likeness (QED) is 0.878. The Morgan fingerprint density at radius 3 is 3.06 bits per heavy atom. The van der Waals surface area contributed by atoms with Crippen LogP contribution < -0.4 is 5.32 Å². The highest BCUT2D eigenvalue weighted by molar-refractivity contribution is 5.90. The number of carbonyl (C=O) groups excluding carboxylic acids is 1. The van der Waals surface area contributed by atoms with Gasteiger partial charge >= 0.3 is 0 Å². The smallest absolute Gasteiger partial charge is 0.224 e. The van der Waals surface area contributed by atoms with Crippen LogP contribution in [0.1, 0.15) is 17.7 Å². The first-order valence-corrected chi connectivity index (χ1v) is 5.47. The van der Waals surface area contributed by atoms with E-state index in [1.165, 1.54) is 6.39 Å². The Morgan fingerprint density at radius 2 is 2.35 bits per heavy atom. The van der Waals surface area contributed by atoms with Gasteiger partial charge in [-0.25, -0.2) is 4.98 Å². The number of hydrogen-bond acceptors (Lipinski definition) is 3. The lowest BCUT2D eigenvalue weighted by Gasteiger charge is -2.04. The summed E-state index contributed by atoms with van der Waals surface area (Å²) in [5, 5.41) is 2.85. The molecule has 0 bridgehead atoms. The number of amides is 1. The molecule has 0 spiro atoms. The molecule has 1 aromatic heterocycles. The zero-order valence-electron chi connectivity index (χ0n) is 9.64. The third-order valence-electron chi connectivity index (χ3n) is 2.39. The molecule has 4 nitrogen and oxygen atoms in total. The lowest BCUT2D eigenvalue weighted by Crippen LogP contribution is -2.12. The zero-order chi connectivity index (χ0) is 12.1. The lowest BCUT2D eigenvalue weighted by atomic mass is 10.2. The summed E-state index contributed by atoms with van der Waals surface area (Å²) in [7, 11) is 0. The standard InChI is InChI=1S/C13H14N2O2/c1-10-3-2-4-11(7-10)15-13(16)6-5-12-8-17-9-14-12/h2-4,7-9H,5-6H2,1H3,(H,15,16). The van der Waals surface area contributed by atoms with Crippen molar-refractivity contribution in [2.24, 2.45) is 0 Å². The van der Waals surface area contributed by atoms with Crippen LogP contribution in [0.2, 0.25) is 0 Å². The lowest BCUT2D eigenvalue weighted by molar-refractivity contribution is -0.116. The number of anilines is 1. The zero-order valence-corrected chi connectivity index (χ0v) is 9.64. The summed E-state index contributed by atoms with van der Waals surface area (Å²) < 4.78 is 4.84. The second kappa shape index (κ2) is 5.30. The molecule has 1 amide bonds. The van der Waals surface area contributed by atoms with Gasteiger partial charge in [-0.2, -0.15) is 0 Å². The summed E-state index contributed by atoms with van der Waals surface area (Å²) in [6.07, 6.45) is 3.92. The summed E-state index contributed by atoms with van der Waals surface area (Å²) >= 11 is 0. The Hall–Kier alpha value is -2.10. The number of nitrogens with one attached hydrogen (secondary N) is 1. The van der Waals surface area contributed by atoms with E-state index < -0.39 is 0 Å². The van der Waals surface area contributed by atoms with Crippen molar-refractivity contribution in [3.05, 3.63) is 48.2 Å². The molecule has 88 valence electrons. The second-order valence-corrected chi connectivity index (χ2v) is 3.90. The van der Waals surface area contributed by atoms with E-state index >= 15 is 0 Å². The molecule has 4 heteroatoms. The first-order valence-electron chi connectivity index (χ1n) is 5.47. The summed E-state index contributed by atoms with van der Waals surface area (Å²) in [5.74, 6) is -0.0152. The average Bonchev–Trinajstić information content (AvgIpc) is 2.79. The third-order valence-corrected chi connectivity index (χ3v) is 2.39. The fourth-order valence-electron chi connectivity index (χ4n) is 1.55. The number of carbonyl (C=O) groups is 1. The minimum atomic E-state index is -0.0152. The Bertz CT molecular complexity index is 492. The molecule has 0 saturated carbocycles. The van der Waals surface area contributed by atoms with Crippen molar-refractivity contribution >= 4 is 11.6 Å². The maximum atomic E-state index is 11.6. The Kier molecular flexibility index (Phi) is 3.55. The number of hydrogen-bond donors (Lipinski definition) is 1. The van der Waals surface area contributed by atoms with Crippen LogP contribution in [0.4, 0.5) is 5.69 Å². The SMILES string of the molecule is Cc1cccc(NC(=O)CCc2cocn2)c1. The van der Waals surface area contributed by atoms with Gasteiger partial charge in [0.05, 0.1) is 5.69 Å². The number of rotatable bonds is 4. The number of nitrogens with zero attached hydrogens (tertiary/aromatic N) is 1. The number of benzene rings is 1. The van der Waals surface area contributed by atoms with E-state index in [1.807, 2.05) is 31.2 Å². The van der Waals surface area contributed by atoms with E-state index in [1.54, 1.807) is 6.26 Å².